The van der Waals surface area contributed by atoms with Crippen LogP contribution in [0.1, 0.15) is 44.1 Å². The molecule has 0 aromatic carbocycles. The van der Waals surface area contributed by atoms with Crippen LogP contribution in [0.15, 0.2) is 5.38 Å². The molecule has 4 nitrogen and oxygen atoms in total. The second-order valence-corrected chi connectivity index (χ2v) is 4.93. The minimum Gasteiger partial charge on any atom is -0.302 e. The van der Waals surface area contributed by atoms with Gasteiger partial charge < -0.3 is 5.32 Å². The molecule has 1 rings (SSSR count). The summed E-state index contributed by atoms with van der Waals surface area (Å²) in [7, 11) is 0. The van der Waals surface area contributed by atoms with Crippen LogP contribution in [-0.2, 0) is 4.79 Å². The third-order valence-electron chi connectivity index (χ3n) is 2.02. The van der Waals surface area contributed by atoms with Gasteiger partial charge in [0.1, 0.15) is 5.69 Å². The van der Waals surface area contributed by atoms with Crippen molar-refractivity contribution in [3.05, 3.63) is 11.1 Å². The Morgan fingerprint density at radius 3 is 2.75 bits per heavy atom. The molecule has 0 atom stereocenters. The Kier molecular flexibility index (Phi) is 4.61. The van der Waals surface area contributed by atoms with Gasteiger partial charge in [0.15, 0.2) is 10.9 Å². The molecule has 0 aliphatic carbocycles. The van der Waals surface area contributed by atoms with Gasteiger partial charge in [0.2, 0.25) is 5.91 Å². The molecule has 0 aliphatic rings. The summed E-state index contributed by atoms with van der Waals surface area (Å²) in [4.78, 5) is 26.5. The minimum atomic E-state index is -0.171. The number of nitrogens with one attached hydrogen (secondary N) is 1. The number of ketones is 1. The first-order valence-corrected chi connectivity index (χ1v) is 6.13. The Labute approximate surface area is 99.1 Å². The molecule has 1 aromatic rings. The highest BCUT2D eigenvalue weighted by molar-refractivity contribution is 7.14. The number of hydrogen-bond acceptors (Lipinski definition) is 4. The van der Waals surface area contributed by atoms with Gasteiger partial charge in [-0.1, -0.05) is 13.8 Å². The monoisotopic (exact) mass is 240 g/mol. The highest BCUT2D eigenvalue weighted by Crippen LogP contribution is 2.17. The number of Topliss-reactive ketones (excluding diaryl/α,β-unsaturated/α-hetero) is 1. The number of nitrogens with zero attached hydrogens (tertiary/aromatic N) is 1. The zero-order chi connectivity index (χ0) is 12.1. The van der Waals surface area contributed by atoms with Crippen LogP contribution in [0.3, 0.4) is 0 Å². The lowest BCUT2D eigenvalue weighted by Gasteiger charge is -2.01. The van der Waals surface area contributed by atoms with E-state index in [1.54, 1.807) is 5.38 Å². The molecule has 16 heavy (non-hydrogen) atoms. The maximum Gasteiger partial charge on any atom is 0.223 e. The van der Waals surface area contributed by atoms with Crippen LogP contribution in [0.2, 0.25) is 0 Å². The van der Waals surface area contributed by atoms with Crippen LogP contribution in [0.4, 0.5) is 5.13 Å². The van der Waals surface area contributed by atoms with Gasteiger partial charge in [-0.15, -0.1) is 11.3 Å². The van der Waals surface area contributed by atoms with Crippen LogP contribution >= 0.6 is 11.3 Å². The van der Waals surface area contributed by atoms with E-state index in [9.17, 15) is 9.59 Å². The van der Waals surface area contributed by atoms with Crippen molar-refractivity contribution >= 4 is 28.2 Å². The van der Waals surface area contributed by atoms with Gasteiger partial charge in [0, 0.05) is 18.7 Å². The van der Waals surface area contributed by atoms with Crippen LogP contribution < -0.4 is 5.32 Å². The normalized spacial score (nSPS) is 10.5. The Balaban J connectivity index is 2.56. The quantitative estimate of drug-likeness (QED) is 0.805. The van der Waals surface area contributed by atoms with Gasteiger partial charge in [-0.25, -0.2) is 4.98 Å². The molecule has 0 aliphatic heterocycles. The zero-order valence-corrected chi connectivity index (χ0v) is 10.6. The van der Waals surface area contributed by atoms with Crippen molar-refractivity contribution in [2.75, 3.05) is 5.32 Å². The van der Waals surface area contributed by atoms with E-state index >= 15 is 0 Å². The predicted octanol–water partition coefficient (Wildman–Crippen LogP) is 2.72. The van der Waals surface area contributed by atoms with Gasteiger partial charge in [-0.2, -0.15) is 0 Å². The largest absolute Gasteiger partial charge is 0.302 e. The van der Waals surface area contributed by atoms with E-state index in [-0.39, 0.29) is 11.7 Å². The fourth-order valence-corrected chi connectivity index (χ4v) is 1.92. The number of aromatic nitrogens is 1. The van der Waals surface area contributed by atoms with Gasteiger partial charge in [0.05, 0.1) is 0 Å². The maximum atomic E-state index is 11.7. The summed E-state index contributed by atoms with van der Waals surface area (Å²) in [6.45, 7) is 5.58. The first kappa shape index (κ1) is 12.8. The summed E-state index contributed by atoms with van der Waals surface area (Å²) >= 11 is 1.28. The van der Waals surface area contributed by atoms with Crippen molar-refractivity contribution in [1.29, 1.82) is 0 Å². The molecule has 0 spiro atoms. The lowest BCUT2D eigenvalue weighted by Crippen LogP contribution is -2.06. The van der Waals surface area contributed by atoms with Gasteiger partial charge in [-0.05, 0) is 12.3 Å². The lowest BCUT2D eigenvalue weighted by atomic mass is 10.1. The molecule has 1 amide bonds. The number of carbonyl (C=O) groups is 2. The van der Waals surface area contributed by atoms with E-state index in [1.807, 2.05) is 0 Å². The Morgan fingerprint density at radius 2 is 2.19 bits per heavy atom. The van der Waals surface area contributed by atoms with Gasteiger partial charge in [-0.3, -0.25) is 9.59 Å². The van der Waals surface area contributed by atoms with E-state index in [0.717, 1.165) is 6.42 Å². The van der Waals surface area contributed by atoms with Crippen LogP contribution in [0.5, 0.6) is 0 Å². The molecule has 0 saturated heterocycles. The van der Waals surface area contributed by atoms with Crippen molar-refractivity contribution in [1.82, 2.24) is 4.98 Å². The van der Waals surface area contributed by atoms with Crippen molar-refractivity contribution in [2.24, 2.45) is 5.92 Å². The summed E-state index contributed by atoms with van der Waals surface area (Å²) in [5.74, 6) is 0.384. The van der Waals surface area contributed by atoms with Gasteiger partial charge >= 0.3 is 0 Å². The van der Waals surface area contributed by atoms with Gasteiger partial charge in [0.25, 0.3) is 0 Å². The molecule has 1 heterocycles. The molecule has 0 bridgehead atoms. The van der Waals surface area contributed by atoms with E-state index in [1.165, 1.54) is 18.3 Å². The first-order valence-electron chi connectivity index (χ1n) is 5.25. The Morgan fingerprint density at radius 1 is 1.50 bits per heavy atom. The summed E-state index contributed by atoms with van der Waals surface area (Å²) in [5.41, 5.74) is 0.453. The fraction of sp³-hybridized carbons (Fsp3) is 0.545. The molecular weight excluding hydrogens is 224 g/mol. The highest BCUT2D eigenvalue weighted by Gasteiger charge is 2.11. The van der Waals surface area contributed by atoms with E-state index in [2.05, 4.69) is 24.1 Å². The van der Waals surface area contributed by atoms with Crippen LogP contribution in [-0.4, -0.2) is 16.7 Å². The summed E-state index contributed by atoms with van der Waals surface area (Å²) in [6, 6.07) is 0. The smallest absolute Gasteiger partial charge is 0.223 e. The second kappa shape index (κ2) is 5.75. The Hall–Kier alpha value is -1.23. The van der Waals surface area contributed by atoms with E-state index in [0.29, 0.717) is 23.2 Å². The maximum absolute atomic E-state index is 11.7. The third kappa shape index (κ3) is 4.10. The molecule has 5 heteroatoms. The number of anilines is 1. The second-order valence-electron chi connectivity index (χ2n) is 4.07. The summed E-state index contributed by atoms with van der Waals surface area (Å²) in [5, 5.41) is 4.74. The standard InChI is InChI=1S/C11H16N2O2S/c1-7(2)4-5-10(15)9-6-16-11(13-9)12-8(3)14/h6-7H,4-5H2,1-3H3,(H,12,13,14). The minimum absolute atomic E-state index is 0.0431. The number of thiazole rings is 1. The van der Waals surface area contributed by atoms with E-state index < -0.39 is 0 Å². The zero-order valence-electron chi connectivity index (χ0n) is 9.74. The van der Waals surface area contributed by atoms with Crippen LogP contribution in [0.25, 0.3) is 0 Å². The number of amides is 1. The topological polar surface area (TPSA) is 59.1 Å². The SMILES string of the molecule is CC(=O)Nc1nc(C(=O)CCC(C)C)cs1. The average Bonchev–Trinajstić information content (AvgIpc) is 2.61. The van der Waals surface area contributed by atoms with Crippen molar-refractivity contribution in [2.45, 2.75) is 33.6 Å². The molecule has 1 N–H and O–H groups in total. The van der Waals surface area contributed by atoms with Crippen molar-refractivity contribution in [3.63, 3.8) is 0 Å². The van der Waals surface area contributed by atoms with Crippen molar-refractivity contribution in [3.8, 4) is 0 Å². The first-order chi connectivity index (χ1) is 7.49. The van der Waals surface area contributed by atoms with Crippen LogP contribution in [0, 0.1) is 5.92 Å². The summed E-state index contributed by atoms with van der Waals surface area (Å²) in [6.07, 6.45) is 1.38. The Bertz CT molecular complexity index is 385. The average molecular weight is 240 g/mol. The molecule has 1 aromatic heterocycles. The third-order valence-corrected chi connectivity index (χ3v) is 2.78. The molecule has 88 valence electrons. The lowest BCUT2D eigenvalue weighted by molar-refractivity contribution is -0.114. The molecule has 0 radical (unpaired) electrons. The number of rotatable bonds is 5. The van der Waals surface area contributed by atoms with Crippen molar-refractivity contribution < 1.29 is 9.59 Å². The number of hydrogen-bond donors (Lipinski definition) is 1. The highest BCUT2D eigenvalue weighted by atomic mass is 32.1. The fourth-order valence-electron chi connectivity index (χ4n) is 1.16. The molecule has 0 unspecified atom stereocenters. The predicted molar refractivity (Wildman–Crippen MR) is 64.8 cm³/mol. The molecule has 0 saturated carbocycles. The number of carbonyl (C=O) groups excluding carboxylic acids is 2. The summed E-state index contributed by atoms with van der Waals surface area (Å²) < 4.78 is 0. The molecular formula is C11H16N2O2S. The van der Waals surface area contributed by atoms with E-state index in [4.69, 9.17) is 0 Å². The molecule has 0 fully saturated rings.